The fourth-order valence-electron chi connectivity index (χ4n) is 6.91. The Hall–Kier alpha value is -4.16. The molecule has 1 aromatic heterocycles. The van der Waals surface area contributed by atoms with Crippen LogP contribution in [0.5, 0.6) is 6.01 Å². The van der Waals surface area contributed by atoms with Crippen LogP contribution in [-0.2, 0) is 17.8 Å². The predicted octanol–water partition coefficient (Wildman–Crippen LogP) is 4.56. The van der Waals surface area contributed by atoms with Crippen molar-refractivity contribution >= 4 is 28.2 Å². The lowest BCUT2D eigenvalue weighted by atomic mass is 9.99. The van der Waals surface area contributed by atoms with Gasteiger partial charge in [0.15, 0.2) is 0 Å². The molecule has 3 aromatic rings. The summed E-state index contributed by atoms with van der Waals surface area (Å²) in [6.07, 6.45) is 5.92. The summed E-state index contributed by atoms with van der Waals surface area (Å²) in [7, 11) is 2.16. The monoisotopic (exact) mass is 579 g/mol. The van der Waals surface area contributed by atoms with Crippen LogP contribution in [0.1, 0.15) is 43.9 Å². The molecule has 9 nitrogen and oxygen atoms in total. The van der Waals surface area contributed by atoms with E-state index in [0.717, 1.165) is 43.0 Å². The summed E-state index contributed by atoms with van der Waals surface area (Å²) in [5.74, 6) is 0.735. The van der Waals surface area contributed by atoms with Gasteiger partial charge in [-0.2, -0.15) is 15.2 Å². The molecule has 43 heavy (non-hydrogen) atoms. The molecule has 2 aromatic carbocycles. The Kier molecular flexibility index (Phi) is 8.48. The van der Waals surface area contributed by atoms with Crippen molar-refractivity contribution in [3.8, 4) is 12.1 Å². The minimum Gasteiger partial charge on any atom is -0.462 e. The number of amides is 1. The molecule has 0 saturated carbocycles. The molecule has 0 radical (unpaired) electrons. The number of piperidine rings is 1. The fraction of sp³-hybridized carbons (Fsp3) is 0.471. The summed E-state index contributed by atoms with van der Waals surface area (Å²) < 4.78 is 6.37. The molecule has 3 aliphatic rings. The Labute approximate surface area is 254 Å². The smallest absolute Gasteiger partial charge is 0.318 e. The number of likely N-dealkylation sites (tertiary alicyclic amines) is 1. The molecule has 0 aliphatic carbocycles. The number of aromatic nitrogens is 2. The van der Waals surface area contributed by atoms with Crippen LogP contribution in [0.3, 0.4) is 0 Å². The highest BCUT2D eigenvalue weighted by Crippen LogP contribution is 2.36. The van der Waals surface area contributed by atoms with Crippen LogP contribution in [0.25, 0.3) is 10.8 Å². The quantitative estimate of drug-likeness (QED) is 0.377. The first-order chi connectivity index (χ1) is 21.0. The lowest BCUT2D eigenvalue weighted by molar-refractivity contribution is -0.129. The van der Waals surface area contributed by atoms with Gasteiger partial charge < -0.3 is 24.3 Å². The maximum atomic E-state index is 12.7. The molecule has 3 aliphatic heterocycles. The Balaban J connectivity index is 1.35. The number of piperazine rings is 1. The molecule has 0 spiro atoms. The first-order valence-electron chi connectivity index (χ1n) is 15.5. The van der Waals surface area contributed by atoms with Crippen molar-refractivity contribution in [1.82, 2.24) is 19.8 Å². The second-order valence-electron chi connectivity index (χ2n) is 12.1. The van der Waals surface area contributed by atoms with Gasteiger partial charge in [0, 0.05) is 48.4 Å². The van der Waals surface area contributed by atoms with Crippen LogP contribution < -0.4 is 14.5 Å². The molecule has 3 atom stereocenters. The molecule has 0 bridgehead atoms. The highest BCUT2D eigenvalue weighted by atomic mass is 16.5. The van der Waals surface area contributed by atoms with E-state index in [1.54, 1.807) is 4.90 Å². The fourth-order valence-corrected chi connectivity index (χ4v) is 6.91. The van der Waals surface area contributed by atoms with Crippen LogP contribution in [0, 0.1) is 11.3 Å². The van der Waals surface area contributed by atoms with Gasteiger partial charge in [0.05, 0.1) is 30.8 Å². The van der Waals surface area contributed by atoms with Crippen LogP contribution in [0.15, 0.2) is 55.1 Å². The number of benzene rings is 2. The van der Waals surface area contributed by atoms with E-state index in [2.05, 4.69) is 83.8 Å². The van der Waals surface area contributed by atoms with Gasteiger partial charge in [0.2, 0.25) is 5.91 Å². The molecule has 2 fully saturated rings. The SMILES string of the molecule is C=CC(=O)N1C[C@H](C)N(c2nc(OC[C@@H]3CCCCN3C)nc3c2CCN(c2cccc4ccccc24)C3)C[C@@H]1CC#N. The number of nitrogens with zero attached hydrogens (tertiary/aromatic N) is 7. The van der Waals surface area contributed by atoms with Gasteiger partial charge in [-0.05, 0) is 57.3 Å². The van der Waals surface area contributed by atoms with Crippen LogP contribution >= 0.6 is 0 Å². The summed E-state index contributed by atoms with van der Waals surface area (Å²) in [6, 6.07) is 17.8. The summed E-state index contributed by atoms with van der Waals surface area (Å²) in [5, 5.41) is 12.0. The van der Waals surface area contributed by atoms with Crippen molar-refractivity contribution in [3.63, 3.8) is 0 Å². The lowest BCUT2D eigenvalue weighted by Gasteiger charge is -2.46. The van der Waals surface area contributed by atoms with Crippen molar-refractivity contribution in [3.05, 3.63) is 66.4 Å². The van der Waals surface area contributed by atoms with Gasteiger partial charge in [-0.1, -0.05) is 49.4 Å². The number of anilines is 2. The topological polar surface area (TPSA) is 88.8 Å². The van der Waals surface area contributed by atoms with Gasteiger partial charge in [0.1, 0.15) is 12.4 Å². The van der Waals surface area contributed by atoms with E-state index in [4.69, 9.17) is 14.7 Å². The number of ether oxygens (including phenoxy) is 1. The predicted molar refractivity (Wildman–Crippen MR) is 169 cm³/mol. The summed E-state index contributed by atoms with van der Waals surface area (Å²) in [5.41, 5.74) is 3.31. The molecule has 0 N–H and O–H groups in total. The molecular weight excluding hydrogens is 538 g/mol. The van der Waals surface area contributed by atoms with Gasteiger partial charge in [-0.15, -0.1) is 0 Å². The minimum atomic E-state index is -0.242. The highest BCUT2D eigenvalue weighted by molar-refractivity contribution is 5.94. The normalized spacial score (nSPS) is 22.6. The first kappa shape index (κ1) is 28.9. The average molecular weight is 580 g/mol. The molecule has 4 heterocycles. The molecule has 2 saturated heterocycles. The van der Waals surface area contributed by atoms with Crippen molar-refractivity contribution in [2.45, 2.75) is 63.7 Å². The zero-order valence-corrected chi connectivity index (χ0v) is 25.3. The largest absolute Gasteiger partial charge is 0.462 e. The third kappa shape index (κ3) is 5.89. The number of nitriles is 1. The molecule has 224 valence electrons. The van der Waals surface area contributed by atoms with Gasteiger partial charge in [-0.3, -0.25) is 4.79 Å². The third-order valence-corrected chi connectivity index (χ3v) is 9.35. The zero-order valence-electron chi connectivity index (χ0n) is 25.3. The second-order valence-corrected chi connectivity index (χ2v) is 12.1. The summed E-state index contributed by atoms with van der Waals surface area (Å²) >= 11 is 0. The maximum absolute atomic E-state index is 12.7. The average Bonchev–Trinajstić information content (AvgIpc) is 3.04. The van der Waals surface area contributed by atoms with E-state index < -0.39 is 0 Å². The van der Waals surface area contributed by atoms with Crippen molar-refractivity contribution in [1.29, 1.82) is 5.26 Å². The van der Waals surface area contributed by atoms with E-state index in [1.165, 1.54) is 35.4 Å². The Morgan fingerprint density at radius 3 is 2.77 bits per heavy atom. The molecular formula is C34H41N7O2. The van der Waals surface area contributed by atoms with E-state index in [0.29, 0.717) is 38.3 Å². The summed E-state index contributed by atoms with van der Waals surface area (Å²) in [6.45, 7) is 9.95. The van der Waals surface area contributed by atoms with Gasteiger partial charge in [0.25, 0.3) is 0 Å². The third-order valence-electron chi connectivity index (χ3n) is 9.35. The lowest BCUT2D eigenvalue weighted by Crippen LogP contribution is -2.59. The van der Waals surface area contributed by atoms with E-state index in [9.17, 15) is 10.1 Å². The first-order valence-corrected chi connectivity index (χ1v) is 15.5. The van der Waals surface area contributed by atoms with E-state index >= 15 is 0 Å². The van der Waals surface area contributed by atoms with E-state index in [1.807, 2.05) is 0 Å². The number of rotatable bonds is 7. The maximum Gasteiger partial charge on any atom is 0.318 e. The molecule has 6 rings (SSSR count). The number of likely N-dealkylation sites (N-methyl/N-ethyl adjacent to an activating group) is 1. The minimum absolute atomic E-state index is 0.00580. The van der Waals surface area contributed by atoms with Crippen LogP contribution in [-0.4, -0.2) is 83.6 Å². The number of carbonyl (C=O) groups excluding carboxylic acids is 1. The van der Waals surface area contributed by atoms with E-state index in [-0.39, 0.29) is 24.4 Å². The highest BCUT2D eigenvalue weighted by Gasteiger charge is 2.37. The zero-order chi connectivity index (χ0) is 29.9. The number of hydrogen-bond acceptors (Lipinski definition) is 8. The van der Waals surface area contributed by atoms with Gasteiger partial charge in [-0.25, -0.2) is 0 Å². The molecule has 1 amide bonds. The van der Waals surface area contributed by atoms with Crippen molar-refractivity contribution in [2.24, 2.45) is 0 Å². The summed E-state index contributed by atoms with van der Waals surface area (Å²) in [4.78, 5) is 31.6. The van der Waals surface area contributed by atoms with Gasteiger partial charge >= 0.3 is 6.01 Å². The molecule has 0 unspecified atom stereocenters. The standard InChI is InChI=1S/C34H41N7O2/c1-4-32(42)41-20-24(2)40(21-26(41)15-17-35)33-29-16-19-39(31-14-9-11-25-10-5-6-13-28(25)31)22-30(29)36-34(37-33)43-23-27-12-7-8-18-38(27)3/h4-6,9-11,13-14,24,26-27H,1,7-8,12,15-16,18-23H2,2-3H3/t24-,26-,27-/m0/s1. The van der Waals surface area contributed by atoms with Crippen LogP contribution in [0.4, 0.5) is 11.5 Å². The van der Waals surface area contributed by atoms with Crippen LogP contribution in [0.2, 0.25) is 0 Å². The Bertz CT molecular complexity index is 1530. The molecule has 9 heteroatoms. The number of carbonyl (C=O) groups is 1. The van der Waals surface area contributed by atoms with Crippen molar-refractivity contribution < 1.29 is 9.53 Å². The Morgan fingerprint density at radius 1 is 1.12 bits per heavy atom. The Morgan fingerprint density at radius 2 is 1.95 bits per heavy atom. The number of hydrogen-bond donors (Lipinski definition) is 0. The number of fused-ring (bicyclic) bond motifs is 2. The second kappa shape index (κ2) is 12.6. The van der Waals surface area contributed by atoms with Crippen molar-refractivity contribution in [2.75, 3.05) is 49.6 Å².